The van der Waals surface area contributed by atoms with Crippen molar-refractivity contribution in [3.63, 3.8) is 0 Å². The van der Waals surface area contributed by atoms with Crippen molar-refractivity contribution >= 4 is 17.5 Å². The fourth-order valence-electron chi connectivity index (χ4n) is 3.52. The molecule has 1 amide bonds. The van der Waals surface area contributed by atoms with E-state index in [9.17, 15) is 4.79 Å². The first kappa shape index (κ1) is 14.9. The number of nitrogens with zero attached hydrogens (tertiary/aromatic N) is 1. The second kappa shape index (κ2) is 6.38. The molecule has 1 saturated carbocycles. The molecule has 116 valence electrons. The molecule has 0 radical (unpaired) electrons. The Morgan fingerprint density at radius 3 is 3.05 bits per heavy atom. The number of carbonyl (C=O) groups is 1. The van der Waals surface area contributed by atoms with Crippen LogP contribution in [-0.2, 0) is 9.47 Å². The lowest BCUT2D eigenvalue weighted by atomic mass is 9.93. The third kappa shape index (κ3) is 2.82. The number of methoxy groups -OCH3 is 1. The van der Waals surface area contributed by atoms with Crippen LogP contribution in [0.1, 0.15) is 29.6 Å². The lowest BCUT2D eigenvalue weighted by Gasteiger charge is -2.40. The number of ether oxygens (including phenoxy) is 2. The van der Waals surface area contributed by atoms with E-state index in [-0.39, 0.29) is 23.3 Å². The van der Waals surface area contributed by atoms with E-state index in [1.807, 2.05) is 4.90 Å². The largest absolute Gasteiger partial charge is 0.452 e. The molecule has 2 aliphatic rings. The van der Waals surface area contributed by atoms with Gasteiger partial charge in [-0.25, -0.2) is 0 Å². The van der Waals surface area contributed by atoms with Gasteiger partial charge < -0.3 is 18.8 Å². The predicted molar refractivity (Wildman–Crippen MR) is 77.5 cm³/mol. The molecule has 2 heterocycles. The number of carbonyl (C=O) groups excluding carboxylic acids is 1. The van der Waals surface area contributed by atoms with Crippen molar-refractivity contribution in [2.75, 3.05) is 26.9 Å². The normalized spacial score (nSPS) is 29.8. The van der Waals surface area contributed by atoms with E-state index in [2.05, 4.69) is 0 Å². The molecule has 0 N–H and O–H groups in total. The van der Waals surface area contributed by atoms with Gasteiger partial charge in [0.15, 0.2) is 0 Å². The summed E-state index contributed by atoms with van der Waals surface area (Å²) in [5.41, 5.74) is 0.426. The zero-order valence-electron chi connectivity index (χ0n) is 12.1. The summed E-state index contributed by atoms with van der Waals surface area (Å²) in [4.78, 5) is 14.6. The zero-order chi connectivity index (χ0) is 14.8. The van der Waals surface area contributed by atoms with E-state index in [4.69, 9.17) is 25.5 Å². The standard InChI is InChI=1S/C15H20ClNO4/c1-19-13-4-2-3-10(13)12-9-20-8-6-17(12)15(18)11-5-7-21-14(11)16/h5,7,10,12-13H,2-4,6,8-9H2,1H3/t10-,12-,13+/m0/s1. The number of amides is 1. The summed E-state index contributed by atoms with van der Waals surface area (Å²) in [7, 11) is 1.74. The van der Waals surface area contributed by atoms with Crippen LogP contribution in [0, 0.1) is 5.92 Å². The minimum Gasteiger partial charge on any atom is -0.452 e. The van der Waals surface area contributed by atoms with Crippen LogP contribution in [0.3, 0.4) is 0 Å². The minimum absolute atomic E-state index is 0.0460. The van der Waals surface area contributed by atoms with Crippen LogP contribution < -0.4 is 0 Å². The Hall–Kier alpha value is -1.04. The number of halogens is 1. The number of rotatable bonds is 3. The van der Waals surface area contributed by atoms with Crippen LogP contribution in [0.4, 0.5) is 0 Å². The van der Waals surface area contributed by atoms with E-state index in [1.54, 1.807) is 13.2 Å². The van der Waals surface area contributed by atoms with Crippen LogP contribution in [0.5, 0.6) is 0 Å². The topological polar surface area (TPSA) is 51.9 Å². The molecule has 0 unspecified atom stereocenters. The van der Waals surface area contributed by atoms with Crippen molar-refractivity contribution in [2.45, 2.75) is 31.4 Å². The molecule has 1 aromatic heterocycles. The quantitative estimate of drug-likeness (QED) is 0.860. The van der Waals surface area contributed by atoms with Gasteiger partial charge in [-0.3, -0.25) is 4.79 Å². The molecule has 5 nitrogen and oxygen atoms in total. The number of morpholine rings is 1. The molecule has 1 aliphatic heterocycles. The minimum atomic E-state index is -0.0798. The maximum atomic E-state index is 12.7. The van der Waals surface area contributed by atoms with Gasteiger partial charge in [0.1, 0.15) is 0 Å². The number of hydrogen-bond acceptors (Lipinski definition) is 4. The van der Waals surface area contributed by atoms with Crippen LogP contribution in [0.15, 0.2) is 16.7 Å². The van der Waals surface area contributed by atoms with Crippen LogP contribution in [0.25, 0.3) is 0 Å². The molecule has 6 heteroatoms. The molecule has 21 heavy (non-hydrogen) atoms. The third-order valence-corrected chi connectivity index (χ3v) is 4.87. The van der Waals surface area contributed by atoms with Gasteiger partial charge in [-0.1, -0.05) is 6.42 Å². The molecular formula is C15H20ClNO4. The summed E-state index contributed by atoms with van der Waals surface area (Å²) in [5.74, 6) is 0.244. The molecule has 0 bridgehead atoms. The fraction of sp³-hybridized carbons (Fsp3) is 0.667. The van der Waals surface area contributed by atoms with Gasteiger partial charge in [0.25, 0.3) is 5.91 Å². The lowest BCUT2D eigenvalue weighted by Crippen LogP contribution is -2.53. The summed E-state index contributed by atoms with van der Waals surface area (Å²) in [6, 6.07) is 1.67. The first-order chi connectivity index (χ1) is 10.2. The first-order valence-corrected chi connectivity index (χ1v) is 7.74. The molecular weight excluding hydrogens is 294 g/mol. The number of hydrogen-bond donors (Lipinski definition) is 0. The highest BCUT2D eigenvalue weighted by molar-refractivity contribution is 6.32. The second-order valence-electron chi connectivity index (χ2n) is 5.62. The predicted octanol–water partition coefficient (Wildman–Crippen LogP) is 2.59. The van der Waals surface area contributed by atoms with Crippen molar-refractivity contribution in [3.05, 3.63) is 23.1 Å². The van der Waals surface area contributed by atoms with Gasteiger partial charge in [-0.05, 0) is 30.5 Å². The SMILES string of the molecule is CO[C@@H]1CCC[C@H]1[C@@H]1COCCN1C(=O)c1ccoc1Cl. The van der Waals surface area contributed by atoms with Crippen molar-refractivity contribution in [1.82, 2.24) is 4.90 Å². The lowest BCUT2D eigenvalue weighted by molar-refractivity contribution is -0.0460. The molecule has 1 aromatic rings. The molecule has 3 atom stereocenters. The van der Waals surface area contributed by atoms with E-state index in [1.165, 1.54) is 6.26 Å². The maximum Gasteiger partial charge on any atom is 0.259 e. The average Bonchev–Trinajstić information content (AvgIpc) is 3.14. The second-order valence-corrected chi connectivity index (χ2v) is 5.96. The van der Waals surface area contributed by atoms with E-state index in [0.29, 0.717) is 31.2 Å². The smallest absolute Gasteiger partial charge is 0.259 e. The van der Waals surface area contributed by atoms with Crippen LogP contribution >= 0.6 is 11.6 Å². The van der Waals surface area contributed by atoms with Crippen LogP contribution in [0.2, 0.25) is 5.22 Å². The van der Waals surface area contributed by atoms with Gasteiger partial charge in [-0.15, -0.1) is 0 Å². The Kier molecular flexibility index (Phi) is 4.52. The zero-order valence-corrected chi connectivity index (χ0v) is 12.8. The van der Waals surface area contributed by atoms with Crippen molar-refractivity contribution in [3.8, 4) is 0 Å². The van der Waals surface area contributed by atoms with Gasteiger partial charge in [0.2, 0.25) is 5.22 Å². The van der Waals surface area contributed by atoms with E-state index >= 15 is 0 Å². The number of furan rings is 1. The Balaban J connectivity index is 1.81. The highest BCUT2D eigenvalue weighted by Gasteiger charge is 2.41. The van der Waals surface area contributed by atoms with Crippen molar-refractivity contribution < 1.29 is 18.7 Å². The Morgan fingerprint density at radius 2 is 2.33 bits per heavy atom. The van der Waals surface area contributed by atoms with Gasteiger partial charge in [0.05, 0.1) is 37.2 Å². The molecule has 2 fully saturated rings. The maximum absolute atomic E-state index is 12.7. The fourth-order valence-corrected chi connectivity index (χ4v) is 3.71. The summed E-state index contributed by atoms with van der Waals surface area (Å²) in [5, 5.41) is 0.153. The average molecular weight is 314 g/mol. The first-order valence-electron chi connectivity index (χ1n) is 7.37. The van der Waals surface area contributed by atoms with Crippen molar-refractivity contribution in [2.24, 2.45) is 5.92 Å². The molecule has 0 aromatic carbocycles. The highest BCUT2D eigenvalue weighted by Crippen LogP contribution is 2.35. The Labute approximate surface area is 129 Å². The highest BCUT2D eigenvalue weighted by atomic mass is 35.5. The molecule has 3 rings (SSSR count). The van der Waals surface area contributed by atoms with Crippen molar-refractivity contribution in [1.29, 1.82) is 0 Å². The third-order valence-electron chi connectivity index (χ3n) is 4.58. The Bertz CT molecular complexity index is 504. The molecule has 1 saturated heterocycles. The summed E-state index contributed by atoms with van der Waals surface area (Å²) in [6.45, 7) is 1.70. The van der Waals surface area contributed by atoms with Gasteiger partial charge in [0, 0.05) is 19.6 Å². The monoisotopic (exact) mass is 313 g/mol. The summed E-state index contributed by atoms with van der Waals surface area (Å²) in [6.07, 6.45) is 4.89. The van der Waals surface area contributed by atoms with E-state index < -0.39 is 0 Å². The van der Waals surface area contributed by atoms with E-state index in [0.717, 1.165) is 19.3 Å². The summed E-state index contributed by atoms with van der Waals surface area (Å²) >= 11 is 5.95. The van der Waals surface area contributed by atoms with Gasteiger partial charge in [-0.2, -0.15) is 0 Å². The van der Waals surface area contributed by atoms with Crippen LogP contribution in [-0.4, -0.2) is 49.8 Å². The molecule has 1 aliphatic carbocycles. The van der Waals surface area contributed by atoms with Gasteiger partial charge >= 0.3 is 0 Å². The Morgan fingerprint density at radius 1 is 1.48 bits per heavy atom. The molecule has 0 spiro atoms. The summed E-state index contributed by atoms with van der Waals surface area (Å²) < 4.78 is 16.2.